The molecular weight excluding hydrogens is 258 g/mol. The van der Waals surface area contributed by atoms with Crippen LogP contribution in [0.4, 0.5) is 0 Å². The molecule has 0 aliphatic carbocycles. The maximum atomic E-state index is 5.98. The molecule has 0 bridgehead atoms. The lowest BCUT2D eigenvalue weighted by molar-refractivity contribution is 0.119. The van der Waals surface area contributed by atoms with Gasteiger partial charge in [-0.3, -0.25) is 0 Å². The van der Waals surface area contributed by atoms with Crippen molar-refractivity contribution in [3.05, 3.63) is 22.9 Å². The van der Waals surface area contributed by atoms with E-state index in [1.165, 1.54) is 0 Å². The molecule has 2 rings (SSSR count). The Morgan fingerprint density at radius 3 is 2.60 bits per heavy atom. The molecule has 110 valence electrons. The number of hydrogen-bond acceptors (Lipinski definition) is 6. The molecule has 0 saturated heterocycles. The number of furan rings is 1. The lowest BCUT2D eigenvalue weighted by Crippen LogP contribution is -2.18. The number of ether oxygens (including phenoxy) is 1. The molecule has 6 nitrogen and oxygen atoms in total. The summed E-state index contributed by atoms with van der Waals surface area (Å²) >= 11 is 0. The van der Waals surface area contributed by atoms with Crippen molar-refractivity contribution < 1.29 is 13.7 Å². The molecule has 2 aromatic heterocycles. The van der Waals surface area contributed by atoms with Crippen molar-refractivity contribution in [2.24, 2.45) is 5.73 Å². The summed E-state index contributed by atoms with van der Waals surface area (Å²) in [6, 6.07) is -0.382. The maximum absolute atomic E-state index is 5.98. The fourth-order valence-electron chi connectivity index (χ4n) is 2.02. The van der Waals surface area contributed by atoms with Crippen LogP contribution in [0.1, 0.15) is 42.3 Å². The van der Waals surface area contributed by atoms with Crippen LogP contribution in [0.5, 0.6) is 0 Å². The Bertz CT molecular complexity index is 574. The van der Waals surface area contributed by atoms with E-state index in [-0.39, 0.29) is 6.04 Å². The van der Waals surface area contributed by atoms with E-state index in [0.717, 1.165) is 29.1 Å². The van der Waals surface area contributed by atoms with Gasteiger partial charge in [0.25, 0.3) is 5.89 Å². The predicted molar refractivity (Wildman–Crippen MR) is 74.2 cm³/mol. The van der Waals surface area contributed by atoms with E-state index < -0.39 is 0 Å². The summed E-state index contributed by atoms with van der Waals surface area (Å²) in [4.78, 5) is 4.35. The van der Waals surface area contributed by atoms with Crippen LogP contribution in [-0.4, -0.2) is 23.4 Å². The molecule has 0 aromatic carbocycles. The van der Waals surface area contributed by atoms with Gasteiger partial charge in [0, 0.05) is 12.2 Å². The number of rotatable bonds is 6. The van der Waals surface area contributed by atoms with Gasteiger partial charge < -0.3 is 19.4 Å². The zero-order valence-corrected chi connectivity index (χ0v) is 12.4. The molecule has 0 aliphatic heterocycles. The highest BCUT2D eigenvalue weighted by Gasteiger charge is 2.21. The number of nitrogens with two attached hydrogens (primary N) is 1. The van der Waals surface area contributed by atoms with Crippen LogP contribution < -0.4 is 5.73 Å². The van der Waals surface area contributed by atoms with Gasteiger partial charge in [-0.15, -0.1) is 0 Å². The molecule has 0 saturated carbocycles. The van der Waals surface area contributed by atoms with E-state index >= 15 is 0 Å². The summed E-state index contributed by atoms with van der Waals surface area (Å²) in [5.74, 6) is 2.52. The van der Waals surface area contributed by atoms with E-state index in [1.54, 1.807) is 0 Å². The van der Waals surface area contributed by atoms with Crippen molar-refractivity contribution in [3.8, 4) is 11.5 Å². The number of nitrogens with zero attached hydrogens (tertiary/aromatic N) is 2. The van der Waals surface area contributed by atoms with Crippen LogP contribution in [0.2, 0.25) is 0 Å². The van der Waals surface area contributed by atoms with Crippen LogP contribution in [-0.2, 0) is 4.74 Å². The Labute approximate surface area is 118 Å². The van der Waals surface area contributed by atoms with Gasteiger partial charge in [-0.25, -0.2) is 0 Å². The van der Waals surface area contributed by atoms with Crippen LogP contribution in [0, 0.1) is 20.8 Å². The Balaban J connectivity index is 2.16. The van der Waals surface area contributed by atoms with Crippen molar-refractivity contribution >= 4 is 0 Å². The van der Waals surface area contributed by atoms with Crippen molar-refractivity contribution in [3.63, 3.8) is 0 Å². The normalized spacial score (nSPS) is 12.8. The summed E-state index contributed by atoms with van der Waals surface area (Å²) in [6.07, 6.45) is 0.955. The van der Waals surface area contributed by atoms with Crippen LogP contribution >= 0.6 is 0 Å². The highest BCUT2D eigenvalue weighted by molar-refractivity contribution is 5.61. The van der Waals surface area contributed by atoms with E-state index in [0.29, 0.717) is 24.9 Å². The third-order valence-corrected chi connectivity index (χ3v) is 3.19. The molecule has 1 atom stereocenters. The standard InChI is InChI=1S/C14H21N3O3/c1-5-6-18-7-11(15)13-16-14(20-17-13)12-8(2)9(3)19-10(12)4/h11H,5-7,15H2,1-4H3. The summed E-state index contributed by atoms with van der Waals surface area (Å²) < 4.78 is 16.3. The van der Waals surface area contributed by atoms with Gasteiger partial charge in [0.1, 0.15) is 11.5 Å². The Morgan fingerprint density at radius 2 is 2.00 bits per heavy atom. The lowest BCUT2D eigenvalue weighted by Gasteiger charge is -2.06. The molecule has 0 amide bonds. The molecule has 0 aliphatic rings. The van der Waals surface area contributed by atoms with Gasteiger partial charge in [0.2, 0.25) is 0 Å². The predicted octanol–water partition coefficient (Wildman–Crippen LogP) is 2.68. The van der Waals surface area contributed by atoms with Gasteiger partial charge in [-0.1, -0.05) is 12.1 Å². The van der Waals surface area contributed by atoms with Crippen molar-refractivity contribution in [1.29, 1.82) is 0 Å². The minimum absolute atomic E-state index is 0.382. The zero-order valence-electron chi connectivity index (χ0n) is 12.4. The van der Waals surface area contributed by atoms with Gasteiger partial charge in [-0.2, -0.15) is 4.98 Å². The quantitative estimate of drug-likeness (QED) is 0.818. The summed E-state index contributed by atoms with van der Waals surface area (Å²) in [6.45, 7) is 8.86. The Kier molecular flexibility index (Phi) is 4.57. The van der Waals surface area contributed by atoms with Crippen molar-refractivity contribution in [2.45, 2.75) is 40.2 Å². The molecule has 0 fully saturated rings. The fraction of sp³-hybridized carbons (Fsp3) is 0.571. The van der Waals surface area contributed by atoms with Gasteiger partial charge in [0.15, 0.2) is 5.82 Å². The maximum Gasteiger partial charge on any atom is 0.261 e. The molecule has 1 unspecified atom stereocenters. The molecule has 0 spiro atoms. The molecule has 2 aromatic rings. The Morgan fingerprint density at radius 1 is 1.25 bits per heavy atom. The second-order valence-electron chi connectivity index (χ2n) is 4.85. The number of aromatic nitrogens is 2. The van der Waals surface area contributed by atoms with E-state index in [9.17, 15) is 0 Å². The van der Waals surface area contributed by atoms with E-state index in [4.69, 9.17) is 19.4 Å². The minimum Gasteiger partial charge on any atom is -0.466 e. The third-order valence-electron chi connectivity index (χ3n) is 3.19. The second-order valence-corrected chi connectivity index (χ2v) is 4.85. The first-order chi connectivity index (χ1) is 9.54. The van der Waals surface area contributed by atoms with Crippen LogP contribution in [0.3, 0.4) is 0 Å². The first kappa shape index (κ1) is 14.7. The molecule has 2 N–H and O–H groups in total. The first-order valence-corrected chi connectivity index (χ1v) is 6.78. The number of hydrogen-bond donors (Lipinski definition) is 1. The summed E-state index contributed by atoms with van der Waals surface area (Å²) in [5, 5.41) is 3.93. The smallest absolute Gasteiger partial charge is 0.261 e. The molecular formula is C14H21N3O3. The average Bonchev–Trinajstić information content (AvgIpc) is 2.96. The monoisotopic (exact) mass is 279 g/mol. The lowest BCUT2D eigenvalue weighted by atomic mass is 10.1. The summed E-state index contributed by atoms with van der Waals surface area (Å²) in [5.41, 5.74) is 7.83. The SMILES string of the molecule is CCCOCC(N)c1noc(-c2c(C)oc(C)c2C)n1. The highest BCUT2D eigenvalue weighted by atomic mass is 16.5. The molecule has 20 heavy (non-hydrogen) atoms. The topological polar surface area (TPSA) is 87.3 Å². The number of aryl methyl sites for hydroxylation is 2. The van der Waals surface area contributed by atoms with Crippen LogP contribution in [0.25, 0.3) is 11.5 Å². The van der Waals surface area contributed by atoms with Crippen LogP contribution in [0.15, 0.2) is 8.94 Å². The van der Waals surface area contributed by atoms with E-state index in [1.807, 2.05) is 27.7 Å². The molecule has 2 heterocycles. The Hall–Kier alpha value is -1.66. The largest absolute Gasteiger partial charge is 0.466 e. The van der Waals surface area contributed by atoms with Gasteiger partial charge in [-0.05, 0) is 27.2 Å². The van der Waals surface area contributed by atoms with Crippen molar-refractivity contribution in [2.75, 3.05) is 13.2 Å². The highest BCUT2D eigenvalue weighted by Crippen LogP contribution is 2.30. The van der Waals surface area contributed by atoms with Crippen molar-refractivity contribution in [1.82, 2.24) is 10.1 Å². The van der Waals surface area contributed by atoms with Gasteiger partial charge in [0.05, 0.1) is 18.2 Å². The van der Waals surface area contributed by atoms with E-state index in [2.05, 4.69) is 10.1 Å². The molecule has 0 radical (unpaired) electrons. The third kappa shape index (κ3) is 2.91. The average molecular weight is 279 g/mol. The first-order valence-electron chi connectivity index (χ1n) is 6.78. The molecule has 6 heteroatoms. The fourth-order valence-corrected chi connectivity index (χ4v) is 2.02. The summed E-state index contributed by atoms with van der Waals surface area (Å²) in [7, 11) is 0. The van der Waals surface area contributed by atoms with Gasteiger partial charge >= 0.3 is 0 Å². The second kappa shape index (κ2) is 6.19. The zero-order chi connectivity index (χ0) is 14.7. The minimum atomic E-state index is -0.382.